The van der Waals surface area contributed by atoms with Crippen molar-refractivity contribution in [2.75, 3.05) is 0 Å². The number of carbonyl (C=O) groups is 3. The monoisotopic (exact) mass is 264 g/mol. The quantitative estimate of drug-likeness (QED) is 0.476. The van der Waals surface area contributed by atoms with E-state index < -0.39 is 17.9 Å². The van der Waals surface area contributed by atoms with Crippen LogP contribution in [0.1, 0.15) is 12.8 Å². The molecule has 0 saturated carbocycles. The maximum Gasteiger partial charge on any atom is 0.335 e. The molecule has 0 radical (unpaired) electrons. The zero-order valence-corrected chi connectivity index (χ0v) is 10.00. The number of aliphatic carboxylic acids is 1. The minimum Gasteiger partial charge on any atom is -0.481 e. The fourth-order valence-electron chi connectivity index (χ4n) is 1.13. The minimum absolute atomic E-state index is 0.206. The Kier molecular flexibility index (Phi) is 5.28. The lowest BCUT2D eigenvalue weighted by atomic mass is 10.3. The first-order valence-electron chi connectivity index (χ1n) is 5.38. The van der Waals surface area contributed by atoms with Crippen LogP contribution in [0.25, 0.3) is 0 Å². The number of hydrogen-bond acceptors (Lipinski definition) is 5. The van der Waals surface area contributed by atoms with Gasteiger partial charge in [-0.1, -0.05) is 6.58 Å². The van der Waals surface area contributed by atoms with Crippen molar-refractivity contribution in [3.05, 3.63) is 36.9 Å². The fraction of sp³-hybridized carbons (Fsp3) is 0.154. The van der Waals surface area contributed by atoms with Crippen molar-refractivity contribution in [2.24, 2.45) is 0 Å². The van der Waals surface area contributed by atoms with Gasteiger partial charge in [0.05, 0.1) is 12.8 Å². The van der Waals surface area contributed by atoms with Crippen LogP contribution in [0.3, 0.4) is 0 Å². The molecule has 0 atom stereocenters. The highest BCUT2D eigenvalue weighted by Gasteiger charge is 2.08. The number of ether oxygens (including phenoxy) is 2. The van der Waals surface area contributed by atoms with Crippen molar-refractivity contribution in [1.82, 2.24) is 0 Å². The van der Waals surface area contributed by atoms with Crippen molar-refractivity contribution < 1.29 is 29.0 Å². The van der Waals surface area contributed by atoms with E-state index in [4.69, 9.17) is 14.6 Å². The summed E-state index contributed by atoms with van der Waals surface area (Å²) in [6.45, 7) is 3.26. The Morgan fingerprint density at radius 1 is 1.05 bits per heavy atom. The van der Waals surface area contributed by atoms with Crippen molar-refractivity contribution >= 4 is 17.9 Å². The van der Waals surface area contributed by atoms with Crippen LogP contribution in [0.15, 0.2) is 36.9 Å². The van der Waals surface area contributed by atoms with Crippen LogP contribution < -0.4 is 9.47 Å². The van der Waals surface area contributed by atoms with Gasteiger partial charge in [0.1, 0.15) is 11.5 Å². The third-order valence-corrected chi connectivity index (χ3v) is 1.98. The first kappa shape index (κ1) is 14.4. The van der Waals surface area contributed by atoms with E-state index in [1.807, 2.05) is 0 Å². The summed E-state index contributed by atoms with van der Waals surface area (Å²) < 4.78 is 9.72. The van der Waals surface area contributed by atoms with Gasteiger partial charge in [0, 0.05) is 6.08 Å². The van der Waals surface area contributed by atoms with Gasteiger partial charge in [0.15, 0.2) is 0 Å². The molecule has 1 aromatic rings. The molecule has 0 heterocycles. The zero-order chi connectivity index (χ0) is 14.3. The second-order valence-electron chi connectivity index (χ2n) is 3.46. The highest BCUT2D eigenvalue weighted by molar-refractivity contribution is 5.83. The number of carboxylic acid groups (broad SMARTS) is 1. The molecule has 0 aliphatic carbocycles. The number of rotatable bonds is 6. The second kappa shape index (κ2) is 6.95. The summed E-state index contributed by atoms with van der Waals surface area (Å²) in [6, 6.07) is 5.76. The molecule has 19 heavy (non-hydrogen) atoms. The van der Waals surface area contributed by atoms with Crippen LogP contribution in [0.5, 0.6) is 11.5 Å². The number of carboxylic acids is 1. The molecule has 0 amide bonds. The molecule has 6 heteroatoms. The Morgan fingerprint density at radius 2 is 1.58 bits per heavy atom. The van der Waals surface area contributed by atoms with E-state index in [9.17, 15) is 14.4 Å². The van der Waals surface area contributed by atoms with Gasteiger partial charge in [0.25, 0.3) is 0 Å². The molecule has 1 aromatic carbocycles. The van der Waals surface area contributed by atoms with E-state index >= 15 is 0 Å². The molecular formula is C13H12O6. The van der Waals surface area contributed by atoms with Gasteiger partial charge in [-0.3, -0.25) is 9.59 Å². The van der Waals surface area contributed by atoms with Crippen LogP contribution in [0.2, 0.25) is 0 Å². The van der Waals surface area contributed by atoms with Crippen LogP contribution in [-0.4, -0.2) is 23.0 Å². The van der Waals surface area contributed by atoms with Gasteiger partial charge >= 0.3 is 17.9 Å². The molecule has 0 aliphatic rings. The predicted octanol–water partition coefficient (Wildman–Crippen LogP) is 1.55. The van der Waals surface area contributed by atoms with E-state index in [2.05, 4.69) is 6.58 Å². The topological polar surface area (TPSA) is 89.9 Å². The van der Waals surface area contributed by atoms with Gasteiger partial charge in [-0.05, 0) is 24.3 Å². The normalized spacial score (nSPS) is 9.47. The van der Waals surface area contributed by atoms with Crippen molar-refractivity contribution in [2.45, 2.75) is 12.8 Å². The van der Waals surface area contributed by atoms with Crippen molar-refractivity contribution in [1.29, 1.82) is 0 Å². The largest absolute Gasteiger partial charge is 0.481 e. The third-order valence-electron chi connectivity index (χ3n) is 1.98. The van der Waals surface area contributed by atoms with Gasteiger partial charge in [-0.15, -0.1) is 0 Å². The smallest absolute Gasteiger partial charge is 0.335 e. The van der Waals surface area contributed by atoms with Crippen LogP contribution in [0, 0.1) is 0 Å². The molecule has 0 aliphatic heterocycles. The Hall–Kier alpha value is -2.63. The van der Waals surface area contributed by atoms with Gasteiger partial charge in [0.2, 0.25) is 0 Å². The summed E-state index contributed by atoms with van der Waals surface area (Å²) in [4.78, 5) is 32.4. The van der Waals surface area contributed by atoms with Crippen LogP contribution in [-0.2, 0) is 14.4 Å². The lowest BCUT2D eigenvalue weighted by molar-refractivity contribution is -0.142. The predicted molar refractivity (Wildman–Crippen MR) is 64.8 cm³/mol. The Morgan fingerprint density at radius 3 is 2.05 bits per heavy atom. The first-order chi connectivity index (χ1) is 9.01. The second-order valence-corrected chi connectivity index (χ2v) is 3.46. The fourth-order valence-corrected chi connectivity index (χ4v) is 1.13. The van der Waals surface area contributed by atoms with Crippen LogP contribution in [0.4, 0.5) is 0 Å². The average Bonchev–Trinajstić information content (AvgIpc) is 2.38. The molecule has 0 spiro atoms. The Bertz CT molecular complexity index is 488. The zero-order valence-electron chi connectivity index (χ0n) is 10.00. The summed E-state index contributed by atoms with van der Waals surface area (Å²) >= 11 is 0. The molecule has 6 nitrogen and oxygen atoms in total. The summed E-state index contributed by atoms with van der Waals surface area (Å²) in [7, 11) is 0. The summed E-state index contributed by atoms with van der Waals surface area (Å²) in [6.07, 6.45) is 0.538. The average molecular weight is 264 g/mol. The standard InChI is InChI=1S/C13H12O6/c1-2-12(16)18-9-3-5-10(6-4-9)19-13(17)8-7-11(14)15/h2-6H,1,7-8H2,(H,14,15). The molecule has 100 valence electrons. The Balaban J connectivity index is 2.52. The number of hydrogen-bond donors (Lipinski definition) is 1. The molecule has 1 N–H and O–H groups in total. The maximum absolute atomic E-state index is 11.2. The maximum atomic E-state index is 11.2. The molecule has 0 fully saturated rings. The van der Waals surface area contributed by atoms with Crippen LogP contribution >= 0.6 is 0 Å². The first-order valence-corrected chi connectivity index (χ1v) is 5.38. The molecule has 1 rings (SSSR count). The molecule has 0 saturated heterocycles. The Labute approximate surface area is 109 Å². The van der Waals surface area contributed by atoms with Crippen molar-refractivity contribution in [3.63, 3.8) is 0 Å². The minimum atomic E-state index is -1.07. The van der Waals surface area contributed by atoms with E-state index in [1.54, 1.807) is 0 Å². The lowest BCUT2D eigenvalue weighted by Gasteiger charge is -2.05. The van der Waals surface area contributed by atoms with E-state index in [0.29, 0.717) is 0 Å². The number of esters is 2. The molecule has 0 aromatic heterocycles. The summed E-state index contributed by atoms with van der Waals surface area (Å²) in [5.41, 5.74) is 0. The highest BCUT2D eigenvalue weighted by Crippen LogP contribution is 2.18. The van der Waals surface area contributed by atoms with Gasteiger partial charge < -0.3 is 14.6 Å². The number of carbonyl (C=O) groups excluding carboxylic acids is 2. The van der Waals surface area contributed by atoms with Gasteiger partial charge in [-0.2, -0.15) is 0 Å². The van der Waals surface area contributed by atoms with E-state index in [-0.39, 0.29) is 24.3 Å². The molecule has 0 unspecified atom stereocenters. The van der Waals surface area contributed by atoms with Crippen molar-refractivity contribution in [3.8, 4) is 11.5 Å². The molecular weight excluding hydrogens is 252 g/mol. The third kappa shape index (κ3) is 5.49. The summed E-state index contributed by atoms with van der Waals surface area (Å²) in [5.74, 6) is -1.77. The number of benzene rings is 1. The summed E-state index contributed by atoms with van der Waals surface area (Å²) in [5, 5.41) is 8.41. The van der Waals surface area contributed by atoms with E-state index in [0.717, 1.165) is 6.08 Å². The highest BCUT2D eigenvalue weighted by atomic mass is 16.5. The lowest BCUT2D eigenvalue weighted by Crippen LogP contribution is -2.10. The molecule has 0 bridgehead atoms. The van der Waals surface area contributed by atoms with E-state index in [1.165, 1.54) is 24.3 Å². The SMILES string of the molecule is C=CC(=O)Oc1ccc(OC(=O)CCC(=O)O)cc1. The van der Waals surface area contributed by atoms with Gasteiger partial charge in [-0.25, -0.2) is 4.79 Å².